The first-order valence-electron chi connectivity index (χ1n) is 5.71. The number of hydrogen-bond donors (Lipinski definition) is 0. The zero-order valence-corrected chi connectivity index (χ0v) is 12.2. The van der Waals surface area contributed by atoms with Crippen molar-refractivity contribution < 1.29 is 14.3 Å². The maximum absolute atomic E-state index is 10.8. The minimum absolute atomic E-state index is 0.588. The second-order valence-corrected chi connectivity index (χ2v) is 4.90. The van der Waals surface area contributed by atoms with Crippen LogP contribution < -0.4 is 9.47 Å². The lowest BCUT2D eigenvalue weighted by atomic mass is 10.1. The highest BCUT2D eigenvalue weighted by Gasteiger charge is 2.07. The second-order valence-electron chi connectivity index (χ2n) is 4.04. The molecule has 0 heterocycles. The predicted molar refractivity (Wildman–Crippen MR) is 77.3 cm³/mol. The van der Waals surface area contributed by atoms with E-state index in [4.69, 9.17) is 9.47 Å². The Morgan fingerprint density at radius 2 is 1.89 bits per heavy atom. The SMILES string of the molecule is COc1ccc(Oc2cc(C=O)ccc2C)c(Br)c1. The Bertz CT molecular complexity index is 608. The van der Waals surface area contributed by atoms with Gasteiger partial charge in [0.2, 0.25) is 0 Å². The van der Waals surface area contributed by atoms with E-state index in [9.17, 15) is 4.79 Å². The number of rotatable bonds is 4. The molecule has 0 unspecified atom stereocenters. The number of aldehydes is 1. The van der Waals surface area contributed by atoms with Gasteiger partial charge in [0.1, 0.15) is 23.5 Å². The topological polar surface area (TPSA) is 35.5 Å². The summed E-state index contributed by atoms with van der Waals surface area (Å²) in [6.07, 6.45) is 0.801. The third-order valence-electron chi connectivity index (χ3n) is 2.71. The standard InChI is InChI=1S/C15H13BrO3/c1-10-3-4-11(9-17)7-15(10)19-14-6-5-12(18-2)8-13(14)16/h3-9H,1-2H3. The summed E-state index contributed by atoms with van der Waals surface area (Å²) in [5.41, 5.74) is 1.55. The fourth-order valence-electron chi connectivity index (χ4n) is 1.61. The Kier molecular flexibility index (Phi) is 4.22. The van der Waals surface area contributed by atoms with Gasteiger partial charge in [-0.25, -0.2) is 0 Å². The van der Waals surface area contributed by atoms with Crippen LogP contribution in [0.15, 0.2) is 40.9 Å². The number of carbonyl (C=O) groups is 1. The molecule has 2 rings (SSSR count). The highest BCUT2D eigenvalue weighted by Crippen LogP contribution is 2.34. The molecule has 0 saturated heterocycles. The molecule has 0 saturated carbocycles. The van der Waals surface area contributed by atoms with Crippen LogP contribution in [0, 0.1) is 6.92 Å². The molecule has 19 heavy (non-hydrogen) atoms. The molecule has 0 bridgehead atoms. The van der Waals surface area contributed by atoms with Gasteiger partial charge in [0, 0.05) is 5.56 Å². The van der Waals surface area contributed by atoms with Gasteiger partial charge in [-0.05, 0) is 52.7 Å². The molecular formula is C15H13BrO3. The Balaban J connectivity index is 2.33. The van der Waals surface area contributed by atoms with Gasteiger partial charge in [0.15, 0.2) is 0 Å². The fraction of sp³-hybridized carbons (Fsp3) is 0.133. The van der Waals surface area contributed by atoms with Crippen LogP contribution >= 0.6 is 15.9 Å². The number of aryl methyl sites for hydroxylation is 1. The predicted octanol–water partition coefficient (Wildman–Crippen LogP) is 4.37. The van der Waals surface area contributed by atoms with Crippen molar-refractivity contribution in [3.63, 3.8) is 0 Å². The maximum atomic E-state index is 10.8. The summed E-state index contributed by atoms with van der Waals surface area (Å²) >= 11 is 3.43. The number of carbonyl (C=O) groups excluding carboxylic acids is 1. The molecule has 0 radical (unpaired) electrons. The van der Waals surface area contributed by atoms with Crippen LogP contribution in [0.5, 0.6) is 17.2 Å². The van der Waals surface area contributed by atoms with E-state index in [-0.39, 0.29) is 0 Å². The van der Waals surface area contributed by atoms with Gasteiger partial charge in [0.05, 0.1) is 11.6 Å². The summed E-state index contributed by atoms with van der Waals surface area (Å²) in [5, 5.41) is 0. The van der Waals surface area contributed by atoms with E-state index < -0.39 is 0 Å². The third-order valence-corrected chi connectivity index (χ3v) is 3.33. The summed E-state index contributed by atoms with van der Waals surface area (Å²) in [7, 11) is 1.61. The quantitative estimate of drug-likeness (QED) is 0.785. The second kappa shape index (κ2) is 5.89. The van der Waals surface area contributed by atoms with Gasteiger partial charge in [-0.3, -0.25) is 4.79 Å². The molecule has 0 aromatic heterocycles. The van der Waals surface area contributed by atoms with E-state index in [0.29, 0.717) is 17.1 Å². The van der Waals surface area contributed by atoms with E-state index in [2.05, 4.69) is 15.9 Å². The van der Waals surface area contributed by atoms with Crippen molar-refractivity contribution in [2.45, 2.75) is 6.92 Å². The third kappa shape index (κ3) is 3.15. The van der Waals surface area contributed by atoms with Gasteiger partial charge in [0.25, 0.3) is 0 Å². The molecular weight excluding hydrogens is 308 g/mol. The first kappa shape index (κ1) is 13.6. The summed E-state index contributed by atoms with van der Waals surface area (Å²) in [6, 6.07) is 10.8. The summed E-state index contributed by atoms with van der Waals surface area (Å²) < 4.78 is 11.7. The summed E-state index contributed by atoms with van der Waals surface area (Å²) in [4.78, 5) is 10.8. The van der Waals surface area contributed by atoms with Crippen molar-refractivity contribution in [1.29, 1.82) is 0 Å². The molecule has 98 valence electrons. The average Bonchev–Trinajstić information content (AvgIpc) is 2.43. The van der Waals surface area contributed by atoms with E-state index in [0.717, 1.165) is 22.1 Å². The van der Waals surface area contributed by atoms with Crippen molar-refractivity contribution in [2.75, 3.05) is 7.11 Å². The fourth-order valence-corrected chi connectivity index (χ4v) is 2.05. The van der Waals surface area contributed by atoms with Crippen LogP contribution in [0.1, 0.15) is 15.9 Å². The molecule has 0 aliphatic carbocycles. The van der Waals surface area contributed by atoms with Crippen molar-refractivity contribution in [2.24, 2.45) is 0 Å². The lowest BCUT2D eigenvalue weighted by molar-refractivity contribution is 0.112. The van der Waals surface area contributed by atoms with Crippen LogP contribution in [0.25, 0.3) is 0 Å². The minimum Gasteiger partial charge on any atom is -0.497 e. The number of methoxy groups -OCH3 is 1. The summed E-state index contributed by atoms with van der Waals surface area (Å²) in [5.74, 6) is 2.08. The van der Waals surface area contributed by atoms with Crippen LogP contribution in [0.3, 0.4) is 0 Å². The zero-order valence-electron chi connectivity index (χ0n) is 10.6. The number of ether oxygens (including phenoxy) is 2. The molecule has 0 fully saturated rings. The largest absolute Gasteiger partial charge is 0.497 e. The van der Waals surface area contributed by atoms with E-state index in [1.165, 1.54) is 0 Å². The zero-order chi connectivity index (χ0) is 13.8. The number of hydrogen-bond acceptors (Lipinski definition) is 3. The van der Waals surface area contributed by atoms with E-state index in [1.54, 1.807) is 19.2 Å². The lowest BCUT2D eigenvalue weighted by Crippen LogP contribution is -1.91. The van der Waals surface area contributed by atoms with Gasteiger partial charge < -0.3 is 9.47 Å². The molecule has 0 amide bonds. The van der Waals surface area contributed by atoms with Crippen molar-refractivity contribution in [3.8, 4) is 17.2 Å². The molecule has 0 aliphatic rings. The lowest BCUT2D eigenvalue weighted by Gasteiger charge is -2.11. The molecule has 0 atom stereocenters. The van der Waals surface area contributed by atoms with Crippen molar-refractivity contribution >= 4 is 22.2 Å². The molecule has 0 aliphatic heterocycles. The molecule has 2 aromatic rings. The van der Waals surface area contributed by atoms with Gasteiger partial charge >= 0.3 is 0 Å². The highest BCUT2D eigenvalue weighted by molar-refractivity contribution is 9.10. The van der Waals surface area contributed by atoms with Crippen LogP contribution in [-0.2, 0) is 0 Å². The highest BCUT2D eigenvalue weighted by atomic mass is 79.9. The maximum Gasteiger partial charge on any atom is 0.150 e. The Hall–Kier alpha value is -1.81. The van der Waals surface area contributed by atoms with Gasteiger partial charge in [-0.1, -0.05) is 12.1 Å². The van der Waals surface area contributed by atoms with Crippen LogP contribution in [-0.4, -0.2) is 13.4 Å². The molecule has 0 N–H and O–H groups in total. The van der Waals surface area contributed by atoms with E-state index >= 15 is 0 Å². The Morgan fingerprint density at radius 3 is 2.53 bits per heavy atom. The smallest absolute Gasteiger partial charge is 0.150 e. The normalized spacial score (nSPS) is 10.1. The number of halogens is 1. The van der Waals surface area contributed by atoms with Gasteiger partial charge in [-0.2, -0.15) is 0 Å². The first-order valence-corrected chi connectivity index (χ1v) is 6.50. The summed E-state index contributed by atoms with van der Waals surface area (Å²) in [6.45, 7) is 1.93. The first-order chi connectivity index (χ1) is 9.13. The Labute approximate surface area is 120 Å². The van der Waals surface area contributed by atoms with E-state index in [1.807, 2.05) is 31.2 Å². The monoisotopic (exact) mass is 320 g/mol. The molecule has 2 aromatic carbocycles. The minimum atomic E-state index is 0.588. The number of benzene rings is 2. The molecule has 4 heteroatoms. The molecule has 0 spiro atoms. The van der Waals surface area contributed by atoms with Crippen LogP contribution in [0.4, 0.5) is 0 Å². The molecule has 3 nitrogen and oxygen atoms in total. The van der Waals surface area contributed by atoms with Crippen LogP contribution in [0.2, 0.25) is 0 Å². The average molecular weight is 321 g/mol. The Morgan fingerprint density at radius 1 is 1.11 bits per heavy atom. The van der Waals surface area contributed by atoms with Crippen molar-refractivity contribution in [3.05, 3.63) is 52.0 Å². The van der Waals surface area contributed by atoms with Gasteiger partial charge in [-0.15, -0.1) is 0 Å². The van der Waals surface area contributed by atoms with Crippen molar-refractivity contribution in [1.82, 2.24) is 0 Å².